The first-order valence-electron chi connectivity index (χ1n) is 7.10. The van der Waals surface area contributed by atoms with Gasteiger partial charge in [0, 0.05) is 24.1 Å². The van der Waals surface area contributed by atoms with Crippen LogP contribution in [0.2, 0.25) is 10.0 Å². The topological polar surface area (TPSA) is 88.9 Å². The van der Waals surface area contributed by atoms with Gasteiger partial charge in [0.05, 0.1) is 10.8 Å². The number of rotatable bonds is 6. The summed E-state index contributed by atoms with van der Waals surface area (Å²) in [7, 11) is 0. The Morgan fingerprint density at radius 1 is 1.32 bits per heavy atom. The Labute approximate surface area is 158 Å². The molecule has 0 unspecified atom stereocenters. The van der Waals surface area contributed by atoms with Crippen LogP contribution >= 0.6 is 35.0 Å². The number of nitrogens with zero attached hydrogens (tertiary/aromatic N) is 3. The van der Waals surface area contributed by atoms with Gasteiger partial charge in [-0.2, -0.15) is 0 Å². The molecule has 132 valence electrons. The molecule has 0 saturated carbocycles. The number of thioether (sulfide) groups is 1. The van der Waals surface area contributed by atoms with Gasteiger partial charge >= 0.3 is 0 Å². The molecule has 1 heterocycles. The smallest absolute Gasteiger partial charge is 0.248 e. The van der Waals surface area contributed by atoms with Crippen LogP contribution in [0.15, 0.2) is 36.0 Å². The highest BCUT2D eigenvalue weighted by Gasteiger charge is 2.17. The molecule has 0 aliphatic rings. The third-order valence-corrected chi connectivity index (χ3v) is 4.43. The Morgan fingerprint density at radius 3 is 2.72 bits per heavy atom. The molecule has 0 bridgehead atoms. The first kappa shape index (κ1) is 19.3. The van der Waals surface area contributed by atoms with Crippen LogP contribution in [0.1, 0.15) is 6.92 Å². The van der Waals surface area contributed by atoms with E-state index >= 15 is 0 Å². The molecule has 7 nitrogen and oxygen atoms in total. The van der Waals surface area contributed by atoms with Crippen LogP contribution < -0.4 is 10.9 Å². The van der Waals surface area contributed by atoms with Crippen LogP contribution in [0.25, 0.3) is 11.4 Å². The van der Waals surface area contributed by atoms with E-state index in [0.29, 0.717) is 33.1 Å². The molecule has 1 aromatic heterocycles. The van der Waals surface area contributed by atoms with Crippen molar-refractivity contribution in [1.82, 2.24) is 25.6 Å². The molecule has 0 aliphatic carbocycles. The third-order valence-electron chi connectivity index (χ3n) is 2.91. The molecule has 0 saturated heterocycles. The molecule has 2 aromatic rings. The molecular weight excluding hydrogens is 385 g/mol. The fraction of sp³-hybridized carbons (Fsp3) is 0.200. The number of halogens is 2. The SMILES string of the molecule is C=CCn1c(SCC(=O)NNC(C)=O)nnc1-c1ccc(Cl)cc1Cl. The van der Waals surface area contributed by atoms with E-state index in [4.69, 9.17) is 23.2 Å². The number of amides is 2. The van der Waals surface area contributed by atoms with Gasteiger partial charge in [-0.1, -0.05) is 41.0 Å². The molecule has 0 atom stereocenters. The van der Waals surface area contributed by atoms with Crippen LogP contribution in [0.5, 0.6) is 0 Å². The number of allylic oxidation sites excluding steroid dienone is 1. The predicted molar refractivity (Wildman–Crippen MR) is 98.4 cm³/mol. The van der Waals surface area contributed by atoms with Crippen LogP contribution in [0.4, 0.5) is 0 Å². The second-order valence-corrected chi connectivity index (χ2v) is 6.63. The van der Waals surface area contributed by atoms with Crippen molar-refractivity contribution in [3.05, 3.63) is 40.9 Å². The van der Waals surface area contributed by atoms with Crippen LogP contribution in [-0.4, -0.2) is 32.3 Å². The van der Waals surface area contributed by atoms with Crippen molar-refractivity contribution in [2.75, 3.05) is 5.75 Å². The van der Waals surface area contributed by atoms with E-state index in [1.54, 1.807) is 28.8 Å². The van der Waals surface area contributed by atoms with Crippen molar-refractivity contribution >= 4 is 46.8 Å². The van der Waals surface area contributed by atoms with Gasteiger partial charge in [0.15, 0.2) is 11.0 Å². The number of carbonyl (C=O) groups is 2. The molecule has 0 radical (unpaired) electrons. The molecule has 2 amide bonds. The maximum atomic E-state index is 11.7. The van der Waals surface area contributed by atoms with Gasteiger partial charge in [-0.15, -0.1) is 16.8 Å². The zero-order chi connectivity index (χ0) is 18.4. The summed E-state index contributed by atoms with van der Waals surface area (Å²) in [4.78, 5) is 22.5. The van der Waals surface area contributed by atoms with Crippen molar-refractivity contribution in [2.45, 2.75) is 18.6 Å². The Bertz CT molecular complexity index is 809. The van der Waals surface area contributed by atoms with Gasteiger partial charge in [0.25, 0.3) is 0 Å². The quantitative estimate of drug-likeness (QED) is 0.442. The second-order valence-electron chi connectivity index (χ2n) is 4.85. The summed E-state index contributed by atoms with van der Waals surface area (Å²) in [5.41, 5.74) is 5.19. The summed E-state index contributed by atoms with van der Waals surface area (Å²) in [6.07, 6.45) is 1.69. The summed E-state index contributed by atoms with van der Waals surface area (Å²) in [6.45, 7) is 5.47. The Balaban J connectivity index is 2.20. The zero-order valence-corrected chi connectivity index (χ0v) is 15.6. The lowest BCUT2D eigenvalue weighted by atomic mass is 10.2. The molecule has 10 heteroatoms. The van der Waals surface area contributed by atoms with Gasteiger partial charge in [-0.3, -0.25) is 25.0 Å². The monoisotopic (exact) mass is 399 g/mol. The lowest BCUT2D eigenvalue weighted by Gasteiger charge is -2.09. The largest absolute Gasteiger partial charge is 0.298 e. The summed E-state index contributed by atoms with van der Waals surface area (Å²) in [5, 5.41) is 9.77. The van der Waals surface area contributed by atoms with Crippen molar-refractivity contribution in [3.63, 3.8) is 0 Å². The van der Waals surface area contributed by atoms with Gasteiger partial charge in [0.2, 0.25) is 11.8 Å². The number of aromatic nitrogens is 3. The molecule has 2 N–H and O–H groups in total. The van der Waals surface area contributed by atoms with E-state index in [1.165, 1.54) is 18.7 Å². The van der Waals surface area contributed by atoms with E-state index in [2.05, 4.69) is 27.6 Å². The molecule has 1 aromatic carbocycles. The molecular formula is C15H15Cl2N5O2S. The van der Waals surface area contributed by atoms with Gasteiger partial charge in [-0.05, 0) is 18.2 Å². The maximum Gasteiger partial charge on any atom is 0.248 e. The van der Waals surface area contributed by atoms with E-state index in [0.717, 1.165) is 0 Å². The van der Waals surface area contributed by atoms with E-state index < -0.39 is 0 Å². The average molecular weight is 400 g/mol. The zero-order valence-electron chi connectivity index (χ0n) is 13.3. The lowest BCUT2D eigenvalue weighted by Crippen LogP contribution is -2.41. The number of benzene rings is 1. The summed E-state index contributed by atoms with van der Waals surface area (Å²) in [6, 6.07) is 5.09. The van der Waals surface area contributed by atoms with E-state index in [1.807, 2.05) is 0 Å². The fourth-order valence-electron chi connectivity index (χ4n) is 1.88. The van der Waals surface area contributed by atoms with E-state index in [9.17, 15) is 9.59 Å². The number of carbonyl (C=O) groups excluding carboxylic acids is 2. The van der Waals surface area contributed by atoms with Gasteiger partial charge in [-0.25, -0.2) is 0 Å². The van der Waals surface area contributed by atoms with Gasteiger partial charge < -0.3 is 0 Å². The van der Waals surface area contributed by atoms with Crippen molar-refractivity contribution in [3.8, 4) is 11.4 Å². The molecule has 0 fully saturated rings. The Morgan fingerprint density at radius 2 is 2.08 bits per heavy atom. The first-order valence-corrected chi connectivity index (χ1v) is 8.84. The van der Waals surface area contributed by atoms with Gasteiger partial charge in [0.1, 0.15) is 0 Å². The van der Waals surface area contributed by atoms with Crippen molar-refractivity contribution in [2.24, 2.45) is 0 Å². The molecule has 25 heavy (non-hydrogen) atoms. The summed E-state index contributed by atoms with van der Waals surface area (Å²) < 4.78 is 1.79. The highest BCUT2D eigenvalue weighted by atomic mass is 35.5. The number of hydrogen-bond acceptors (Lipinski definition) is 5. The fourth-order valence-corrected chi connectivity index (χ4v) is 3.12. The second kappa shape index (κ2) is 8.89. The number of hydrazine groups is 1. The lowest BCUT2D eigenvalue weighted by molar-refractivity contribution is -0.126. The Hall–Kier alpha value is -2.03. The number of nitrogens with one attached hydrogen (secondary N) is 2. The highest BCUT2D eigenvalue weighted by molar-refractivity contribution is 7.99. The van der Waals surface area contributed by atoms with Crippen molar-refractivity contribution < 1.29 is 9.59 Å². The molecule has 0 spiro atoms. The number of hydrogen-bond donors (Lipinski definition) is 2. The van der Waals surface area contributed by atoms with Crippen LogP contribution in [-0.2, 0) is 16.1 Å². The summed E-state index contributed by atoms with van der Waals surface area (Å²) >= 11 is 13.3. The predicted octanol–water partition coefficient (Wildman–Crippen LogP) is 2.70. The highest BCUT2D eigenvalue weighted by Crippen LogP contribution is 2.31. The normalized spacial score (nSPS) is 10.4. The molecule has 0 aliphatic heterocycles. The summed E-state index contributed by atoms with van der Waals surface area (Å²) in [5.74, 6) is -0.109. The average Bonchev–Trinajstić information content (AvgIpc) is 2.94. The van der Waals surface area contributed by atoms with Crippen LogP contribution in [0.3, 0.4) is 0 Å². The van der Waals surface area contributed by atoms with Crippen molar-refractivity contribution in [1.29, 1.82) is 0 Å². The first-order chi connectivity index (χ1) is 11.9. The minimum Gasteiger partial charge on any atom is -0.298 e. The van der Waals surface area contributed by atoms with E-state index in [-0.39, 0.29) is 17.6 Å². The van der Waals surface area contributed by atoms with Crippen LogP contribution in [0, 0.1) is 0 Å². The Kier molecular flexibility index (Phi) is 6.86. The minimum atomic E-state index is -0.362. The third kappa shape index (κ3) is 5.22. The minimum absolute atomic E-state index is 0.0594. The standard InChI is InChI=1S/C15H15Cl2N5O2S/c1-3-6-22-14(11-5-4-10(16)7-12(11)17)20-21-15(22)25-8-13(24)19-18-9(2)23/h3-5,7H,1,6,8H2,2H3,(H,18,23)(H,19,24). The molecule has 2 rings (SSSR count). The maximum absolute atomic E-state index is 11.7.